The number of hydrogen-bond acceptors (Lipinski definition) is 2. The van der Waals surface area contributed by atoms with Crippen molar-refractivity contribution < 1.29 is 9.53 Å². The van der Waals surface area contributed by atoms with E-state index in [1.54, 1.807) is 0 Å². The second-order valence-corrected chi connectivity index (χ2v) is 7.62. The van der Waals surface area contributed by atoms with Gasteiger partial charge in [-0.1, -0.05) is 66.8 Å². The molecular weight excluding hydrogens is 334 g/mol. The van der Waals surface area contributed by atoms with Crippen LogP contribution in [0.25, 0.3) is 11.6 Å². The van der Waals surface area contributed by atoms with Gasteiger partial charge >= 0.3 is 6.09 Å². The highest BCUT2D eigenvalue weighted by Gasteiger charge is 2.41. The second-order valence-electron chi connectivity index (χ2n) is 7.62. The molecule has 0 N–H and O–H groups in total. The number of rotatable bonds is 3. The molecule has 2 aliphatic heterocycles. The van der Waals surface area contributed by atoms with Crippen molar-refractivity contribution in [3.05, 3.63) is 82.9 Å². The zero-order valence-corrected chi connectivity index (χ0v) is 15.3. The lowest BCUT2D eigenvalue weighted by molar-refractivity contribution is 0.0832. The Morgan fingerprint density at radius 1 is 1.07 bits per heavy atom. The Labute approximate surface area is 160 Å². The van der Waals surface area contributed by atoms with Crippen molar-refractivity contribution in [2.24, 2.45) is 0 Å². The summed E-state index contributed by atoms with van der Waals surface area (Å²) in [5.41, 5.74) is 6.56. The predicted octanol–water partition coefficient (Wildman–Crippen LogP) is 5.21. The lowest BCUT2D eigenvalue weighted by Gasteiger charge is -2.33. The summed E-state index contributed by atoms with van der Waals surface area (Å²) in [4.78, 5) is 14.7. The van der Waals surface area contributed by atoms with Gasteiger partial charge in [0.15, 0.2) is 0 Å². The van der Waals surface area contributed by atoms with Crippen molar-refractivity contribution in [1.82, 2.24) is 4.90 Å². The first kappa shape index (κ1) is 16.4. The normalized spacial score (nSPS) is 22.5. The maximum Gasteiger partial charge on any atom is 0.410 e. The van der Waals surface area contributed by atoms with Crippen LogP contribution in [0.5, 0.6) is 0 Å². The molecule has 0 saturated carbocycles. The molecule has 2 heterocycles. The topological polar surface area (TPSA) is 29.5 Å². The summed E-state index contributed by atoms with van der Waals surface area (Å²) in [6.07, 6.45) is 10.6. The SMILES string of the molecule is O=C(OCc1ccccc1)N1C2C=C(c3cccc4c3CC=C4)CC1CC2. The highest BCUT2D eigenvalue weighted by atomic mass is 16.6. The van der Waals surface area contributed by atoms with Gasteiger partial charge in [-0.2, -0.15) is 0 Å². The molecule has 1 aliphatic carbocycles. The lowest BCUT2D eigenvalue weighted by Crippen LogP contribution is -2.43. The van der Waals surface area contributed by atoms with Crippen LogP contribution < -0.4 is 0 Å². The fraction of sp³-hybridized carbons (Fsp3) is 0.292. The van der Waals surface area contributed by atoms with E-state index in [-0.39, 0.29) is 18.2 Å². The van der Waals surface area contributed by atoms with Gasteiger partial charge in [0.05, 0.1) is 6.04 Å². The van der Waals surface area contributed by atoms with E-state index in [9.17, 15) is 4.79 Å². The highest BCUT2D eigenvalue weighted by Crippen LogP contribution is 2.41. The van der Waals surface area contributed by atoms with Crippen molar-refractivity contribution in [3.63, 3.8) is 0 Å². The zero-order valence-electron chi connectivity index (χ0n) is 15.3. The minimum Gasteiger partial charge on any atom is -0.445 e. The smallest absolute Gasteiger partial charge is 0.410 e. The molecule has 1 saturated heterocycles. The Morgan fingerprint density at radius 3 is 2.81 bits per heavy atom. The molecule has 2 atom stereocenters. The van der Waals surface area contributed by atoms with E-state index in [0.717, 1.165) is 31.2 Å². The lowest BCUT2D eigenvalue weighted by atomic mass is 9.90. The molecule has 5 rings (SSSR count). The predicted molar refractivity (Wildman–Crippen MR) is 107 cm³/mol. The fourth-order valence-electron chi connectivity index (χ4n) is 4.70. The van der Waals surface area contributed by atoms with E-state index in [0.29, 0.717) is 6.61 Å². The van der Waals surface area contributed by atoms with Gasteiger partial charge in [-0.25, -0.2) is 4.79 Å². The highest BCUT2D eigenvalue weighted by molar-refractivity contribution is 5.78. The quantitative estimate of drug-likeness (QED) is 0.754. The van der Waals surface area contributed by atoms with Crippen LogP contribution >= 0.6 is 0 Å². The molecule has 2 bridgehead atoms. The number of benzene rings is 2. The molecule has 1 amide bonds. The number of carbonyl (C=O) groups is 1. The summed E-state index contributed by atoms with van der Waals surface area (Å²) >= 11 is 0. The van der Waals surface area contributed by atoms with Crippen LogP contribution in [-0.4, -0.2) is 23.1 Å². The molecule has 27 heavy (non-hydrogen) atoms. The maximum atomic E-state index is 12.7. The third-order valence-electron chi connectivity index (χ3n) is 5.99. The van der Waals surface area contributed by atoms with Gasteiger partial charge < -0.3 is 4.74 Å². The van der Waals surface area contributed by atoms with Crippen LogP contribution in [0.1, 0.15) is 41.5 Å². The van der Waals surface area contributed by atoms with Crippen LogP contribution in [0, 0.1) is 0 Å². The molecule has 136 valence electrons. The molecule has 0 spiro atoms. The number of fused-ring (bicyclic) bond motifs is 3. The van der Waals surface area contributed by atoms with Gasteiger partial charge in [0.1, 0.15) is 6.61 Å². The van der Waals surface area contributed by atoms with Crippen molar-refractivity contribution in [2.45, 2.75) is 44.4 Å². The molecule has 3 heteroatoms. The first-order valence-electron chi connectivity index (χ1n) is 9.78. The number of allylic oxidation sites excluding steroid dienone is 1. The summed E-state index contributed by atoms with van der Waals surface area (Å²) in [6, 6.07) is 16.9. The molecule has 1 fully saturated rings. The Morgan fingerprint density at radius 2 is 1.96 bits per heavy atom. The number of amides is 1. The Bertz CT molecular complexity index is 929. The van der Waals surface area contributed by atoms with Crippen molar-refractivity contribution in [2.75, 3.05) is 0 Å². The zero-order chi connectivity index (χ0) is 18.2. The number of carbonyl (C=O) groups excluding carboxylic acids is 1. The molecule has 2 aromatic carbocycles. The van der Waals surface area contributed by atoms with Crippen LogP contribution in [0.15, 0.2) is 60.7 Å². The van der Waals surface area contributed by atoms with Gasteiger partial charge in [-0.15, -0.1) is 0 Å². The maximum absolute atomic E-state index is 12.7. The second kappa shape index (κ2) is 6.73. The van der Waals surface area contributed by atoms with Crippen molar-refractivity contribution >= 4 is 17.7 Å². The fourth-order valence-corrected chi connectivity index (χ4v) is 4.70. The van der Waals surface area contributed by atoms with E-state index >= 15 is 0 Å². The average molecular weight is 357 g/mol. The third-order valence-corrected chi connectivity index (χ3v) is 5.99. The molecule has 0 aromatic heterocycles. The van der Waals surface area contributed by atoms with Crippen LogP contribution in [0.4, 0.5) is 4.79 Å². The minimum atomic E-state index is -0.179. The summed E-state index contributed by atoms with van der Waals surface area (Å²) in [5.74, 6) is 0. The van der Waals surface area contributed by atoms with E-state index in [1.807, 2.05) is 35.2 Å². The van der Waals surface area contributed by atoms with E-state index in [1.165, 1.54) is 22.3 Å². The Balaban J connectivity index is 1.34. The van der Waals surface area contributed by atoms with Crippen LogP contribution in [-0.2, 0) is 17.8 Å². The van der Waals surface area contributed by atoms with Crippen LogP contribution in [0.2, 0.25) is 0 Å². The largest absolute Gasteiger partial charge is 0.445 e. The first-order valence-corrected chi connectivity index (χ1v) is 9.78. The summed E-state index contributed by atoms with van der Waals surface area (Å²) in [5, 5.41) is 0. The molecule has 3 aliphatic rings. The summed E-state index contributed by atoms with van der Waals surface area (Å²) in [6.45, 7) is 0.337. The number of nitrogens with zero attached hydrogens (tertiary/aromatic N) is 1. The van der Waals surface area contributed by atoms with Gasteiger partial charge in [-0.05, 0) is 53.5 Å². The van der Waals surface area contributed by atoms with Crippen LogP contribution in [0.3, 0.4) is 0 Å². The van der Waals surface area contributed by atoms with E-state index < -0.39 is 0 Å². The third kappa shape index (κ3) is 2.97. The molecule has 0 radical (unpaired) electrons. The first-order chi connectivity index (χ1) is 13.3. The monoisotopic (exact) mass is 357 g/mol. The van der Waals surface area contributed by atoms with E-state index in [2.05, 4.69) is 36.4 Å². The molecule has 2 aromatic rings. The Hall–Kier alpha value is -2.81. The van der Waals surface area contributed by atoms with Gasteiger partial charge in [-0.3, -0.25) is 4.90 Å². The number of ether oxygens (including phenoxy) is 1. The average Bonchev–Trinajstić information content (AvgIpc) is 3.29. The number of hydrogen-bond donors (Lipinski definition) is 0. The summed E-state index contributed by atoms with van der Waals surface area (Å²) < 4.78 is 5.61. The van der Waals surface area contributed by atoms with Crippen molar-refractivity contribution in [1.29, 1.82) is 0 Å². The molecular formula is C24H23NO2. The van der Waals surface area contributed by atoms with Gasteiger partial charge in [0.25, 0.3) is 0 Å². The summed E-state index contributed by atoms with van der Waals surface area (Å²) in [7, 11) is 0. The van der Waals surface area contributed by atoms with Gasteiger partial charge in [0.2, 0.25) is 0 Å². The minimum absolute atomic E-state index is 0.159. The van der Waals surface area contributed by atoms with Crippen molar-refractivity contribution in [3.8, 4) is 0 Å². The van der Waals surface area contributed by atoms with Gasteiger partial charge in [0, 0.05) is 6.04 Å². The Kier molecular flexibility index (Phi) is 4.08. The van der Waals surface area contributed by atoms with E-state index in [4.69, 9.17) is 4.74 Å². The standard InChI is InChI=1S/C24H23NO2/c26-24(27-16-17-6-2-1-3-7-17)25-20-12-13-21(25)15-19(14-20)23-11-5-9-18-8-4-10-22(18)23/h1-9,11,14,20-21H,10,12-13,15-16H2. The molecule has 3 nitrogen and oxygen atoms in total. The molecule has 2 unspecified atom stereocenters.